The van der Waals surface area contributed by atoms with E-state index in [1.54, 1.807) is 0 Å². The van der Waals surface area contributed by atoms with Crippen molar-refractivity contribution >= 4 is 0 Å². The number of likely N-dealkylation sites (N-methyl/N-ethyl adjacent to an activating group) is 1. The fraction of sp³-hybridized carbons (Fsp3) is 0.429. The highest BCUT2D eigenvalue weighted by molar-refractivity contribution is 5.23. The minimum atomic E-state index is -0.162. The molecule has 1 nitrogen and oxygen atoms in total. The quantitative estimate of drug-likeness (QED) is 0.767. The topological polar surface area (TPSA) is 12.0 Å². The normalized spacial score (nSPS) is 17.2. The Morgan fingerprint density at radius 1 is 1.31 bits per heavy atom. The molecule has 0 saturated carbocycles. The fourth-order valence-corrected chi connectivity index (χ4v) is 2.29. The van der Waals surface area contributed by atoms with Gasteiger partial charge in [0.2, 0.25) is 0 Å². The zero-order valence-electron chi connectivity index (χ0n) is 9.67. The second-order valence-electron chi connectivity index (χ2n) is 4.34. The lowest BCUT2D eigenvalue weighted by atomic mass is 9.98. The van der Waals surface area contributed by atoms with Crippen LogP contribution in [0, 0.1) is 5.82 Å². The summed E-state index contributed by atoms with van der Waals surface area (Å²) in [4.78, 5) is 0. The molecule has 1 aromatic rings. The third kappa shape index (κ3) is 2.70. The first-order valence-corrected chi connectivity index (χ1v) is 5.90. The molecule has 0 fully saturated rings. The Kier molecular flexibility index (Phi) is 3.73. The second kappa shape index (κ2) is 5.26. The highest BCUT2D eigenvalue weighted by Crippen LogP contribution is 2.22. The second-order valence-corrected chi connectivity index (χ2v) is 4.34. The Balaban J connectivity index is 2.03. The van der Waals surface area contributed by atoms with Crippen LogP contribution in [0.4, 0.5) is 4.39 Å². The van der Waals surface area contributed by atoms with Gasteiger partial charge < -0.3 is 5.32 Å². The van der Waals surface area contributed by atoms with Gasteiger partial charge in [0, 0.05) is 6.04 Å². The fourth-order valence-electron chi connectivity index (χ4n) is 2.29. The summed E-state index contributed by atoms with van der Waals surface area (Å²) in [5, 5.41) is 3.35. The van der Waals surface area contributed by atoms with Gasteiger partial charge in [-0.3, -0.25) is 0 Å². The van der Waals surface area contributed by atoms with E-state index in [1.165, 1.54) is 42.5 Å². The molecule has 0 spiro atoms. The Hall–Kier alpha value is -1.15. The summed E-state index contributed by atoms with van der Waals surface area (Å²) in [5.41, 5.74) is 2.69. The van der Waals surface area contributed by atoms with Gasteiger partial charge in [-0.2, -0.15) is 0 Å². The Labute approximate surface area is 96.4 Å². The summed E-state index contributed by atoms with van der Waals surface area (Å²) in [5.74, 6) is -0.162. The van der Waals surface area contributed by atoms with E-state index in [-0.39, 0.29) is 5.82 Å². The van der Waals surface area contributed by atoms with E-state index in [4.69, 9.17) is 0 Å². The van der Waals surface area contributed by atoms with Crippen LogP contribution < -0.4 is 5.32 Å². The summed E-state index contributed by atoms with van der Waals surface area (Å²) < 4.78 is 12.8. The molecule has 0 aromatic heterocycles. The van der Waals surface area contributed by atoms with Crippen molar-refractivity contribution in [2.24, 2.45) is 0 Å². The molecule has 0 amide bonds. The first kappa shape index (κ1) is 11.3. The van der Waals surface area contributed by atoms with Crippen LogP contribution in [-0.2, 0) is 6.42 Å². The van der Waals surface area contributed by atoms with E-state index in [0.29, 0.717) is 6.04 Å². The highest BCUT2D eigenvalue weighted by atomic mass is 19.1. The molecule has 1 aliphatic carbocycles. The first-order chi connectivity index (χ1) is 7.79. The standard InChI is InChI=1S/C14H18FN/c1-16-14(12-4-2-3-5-12)10-11-6-8-13(15)9-7-11/h4,6-9,14,16H,2-3,5,10H2,1H3. The molecule has 1 aromatic carbocycles. The zero-order chi connectivity index (χ0) is 11.4. The van der Waals surface area contributed by atoms with Crippen LogP contribution in [0.1, 0.15) is 24.8 Å². The lowest BCUT2D eigenvalue weighted by Crippen LogP contribution is -2.29. The summed E-state index contributed by atoms with van der Waals surface area (Å²) in [6, 6.07) is 7.22. The van der Waals surface area contributed by atoms with Gasteiger partial charge in [0.1, 0.15) is 5.82 Å². The van der Waals surface area contributed by atoms with Crippen molar-refractivity contribution in [1.82, 2.24) is 5.32 Å². The zero-order valence-corrected chi connectivity index (χ0v) is 9.67. The van der Waals surface area contributed by atoms with Crippen LogP contribution >= 0.6 is 0 Å². The van der Waals surface area contributed by atoms with Gasteiger partial charge in [-0.1, -0.05) is 23.8 Å². The average Bonchev–Trinajstić information content (AvgIpc) is 2.82. The smallest absolute Gasteiger partial charge is 0.123 e. The third-order valence-corrected chi connectivity index (χ3v) is 3.23. The maximum Gasteiger partial charge on any atom is 0.123 e. The molecule has 0 bridgehead atoms. The monoisotopic (exact) mass is 219 g/mol. The maximum absolute atomic E-state index is 12.8. The molecular formula is C14H18FN. The van der Waals surface area contributed by atoms with Gasteiger partial charge in [0.15, 0.2) is 0 Å². The van der Waals surface area contributed by atoms with Gasteiger partial charge in [-0.15, -0.1) is 0 Å². The van der Waals surface area contributed by atoms with Crippen molar-refractivity contribution in [1.29, 1.82) is 0 Å². The Morgan fingerprint density at radius 2 is 2.06 bits per heavy atom. The van der Waals surface area contributed by atoms with E-state index in [1.807, 2.05) is 19.2 Å². The van der Waals surface area contributed by atoms with Crippen LogP contribution in [0.25, 0.3) is 0 Å². The van der Waals surface area contributed by atoms with Crippen molar-refractivity contribution in [3.63, 3.8) is 0 Å². The minimum absolute atomic E-state index is 0.162. The number of halogens is 1. The SMILES string of the molecule is CNC(Cc1ccc(F)cc1)C1=CCCC1. The molecule has 1 atom stereocenters. The van der Waals surface area contributed by atoms with Crippen LogP contribution in [-0.4, -0.2) is 13.1 Å². The summed E-state index contributed by atoms with van der Waals surface area (Å²) >= 11 is 0. The first-order valence-electron chi connectivity index (χ1n) is 5.90. The van der Waals surface area contributed by atoms with Gasteiger partial charge in [0.05, 0.1) is 0 Å². The molecule has 0 heterocycles. The lowest BCUT2D eigenvalue weighted by molar-refractivity contribution is 0.609. The van der Waals surface area contributed by atoms with Crippen LogP contribution in [0.3, 0.4) is 0 Å². The number of hydrogen-bond acceptors (Lipinski definition) is 1. The van der Waals surface area contributed by atoms with Gasteiger partial charge >= 0.3 is 0 Å². The van der Waals surface area contributed by atoms with E-state index < -0.39 is 0 Å². The Morgan fingerprint density at radius 3 is 2.62 bits per heavy atom. The molecule has 0 saturated heterocycles. The molecule has 2 heteroatoms. The van der Waals surface area contributed by atoms with Gasteiger partial charge in [0.25, 0.3) is 0 Å². The molecule has 0 aliphatic heterocycles. The van der Waals surface area contributed by atoms with E-state index >= 15 is 0 Å². The molecule has 16 heavy (non-hydrogen) atoms. The van der Waals surface area contributed by atoms with Crippen LogP contribution in [0.15, 0.2) is 35.9 Å². The van der Waals surface area contributed by atoms with Crippen molar-refractivity contribution in [2.45, 2.75) is 31.7 Å². The molecule has 86 valence electrons. The van der Waals surface area contributed by atoms with Crippen LogP contribution in [0.5, 0.6) is 0 Å². The third-order valence-electron chi connectivity index (χ3n) is 3.23. The minimum Gasteiger partial charge on any atom is -0.313 e. The molecular weight excluding hydrogens is 201 g/mol. The van der Waals surface area contributed by atoms with Crippen molar-refractivity contribution in [3.8, 4) is 0 Å². The predicted octanol–water partition coefficient (Wildman–Crippen LogP) is 3.07. The van der Waals surface area contributed by atoms with Gasteiger partial charge in [-0.25, -0.2) is 4.39 Å². The Bertz CT molecular complexity index is 367. The van der Waals surface area contributed by atoms with Crippen LogP contribution in [0.2, 0.25) is 0 Å². The summed E-state index contributed by atoms with van der Waals surface area (Å²) in [7, 11) is 1.99. The summed E-state index contributed by atoms with van der Waals surface area (Å²) in [6.07, 6.45) is 6.97. The van der Waals surface area contributed by atoms with Crippen molar-refractivity contribution < 1.29 is 4.39 Å². The molecule has 2 rings (SSSR count). The lowest BCUT2D eigenvalue weighted by Gasteiger charge is -2.17. The number of benzene rings is 1. The molecule has 1 unspecified atom stereocenters. The summed E-state index contributed by atoms with van der Waals surface area (Å²) in [6.45, 7) is 0. The average molecular weight is 219 g/mol. The molecule has 1 N–H and O–H groups in total. The van der Waals surface area contributed by atoms with E-state index in [0.717, 1.165) is 6.42 Å². The molecule has 0 radical (unpaired) electrons. The number of allylic oxidation sites excluding steroid dienone is 1. The van der Waals surface area contributed by atoms with E-state index in [9.17, 15) is 4.39 Å². The maximum atomic E-state index is 12.8. The molecule has 1 aliphatic rings. The van der Waals surface area contributed by atoms with Crippen molar-refractivity contribution in [2.75, 3.05) is 7.05 Å². The highest BCUT2D eigenvalue weighted by Gasteiger charge is 2.15. The van der Waals surface area contributed by atoms with E-state index in [2.05, 4.69) is 11.4 Å². The number of hydrogen-bond donors (Lipinski definition) is 1. The largest absolute Gasteiger partial charge is 0.313 e. The number of rotatable bonds is 4. The number of nitrogens with one attached hydrogen (secondary N) is 1. The van der Waals surface area contributed by atoms with Crippen molar-refractivity contribution in [3.05, 3.63) is 47.3 Å². The van der Waals surface area contributed by atoms with Gasteiger partial charge in [-0.05, 0) is 50.4 Å². The predicted molar refractivity (Wildman–Crippen MR) is 64.9 cm³/mol.